The van der Waals surface area contributed by atoms with Crippen LogP contribution in [0.5, 0.6) is 5.75 Å². The standard InChI is InChI=1S/C21H25FN2O3.ClH/c1-12-10-14-16(24-12)7-6-13(20(14)25)11-23-17-8-9-19(21(17)26)27-18-5-3-2-4-15(18)22;/h2-5,10,13,17,19,21,23-24,26H,6-9,11H2,1H3;1H. The van der Waals surface area contributed by atoms with E-state index in [4.69, 9.17) is 4.74 Å². The Balaban J connectivity index is 0.00000225. The normalized spacial score (nSPS) is 26.6. The lowest BCUT2D eigenvalue weighted by Crippen LogP contribution is -2.44. The second-order valence-electron chi connectivity index (χ2n) is 7.61. The zero-order valence-electron chi connectivity index (χ0n) is 15.8. The Hall–Kier alpha value is -1.89. The number of halogens is 2. The lowest BCUT2D eigenvalue weighted by molar-refractivity contribution is 0.0421. The zero-order valence-corrected chi connectivity index (χ0v) is 16.6. The molecule has 1 heterocycles. The molecule has 2 aromatic rings. The molecule has 1 fully saturated rings. The Bertz CT molecular complexity index is 841. The number of aryl methyl sites for hydroxylation is 2. The molecule has 2 aliphatic carbocycles. The van der Waals surface area contributed by atoms with Crippen LogP contribution in [0.3, 0.4) is 0 Å². The van der Waals surface area contributed by atoms with Crippen molar-refractivity contribution < 1.29 is 19.0 Å². The summed E-state index contributed by atoms with van der Waals surface area (Å²) in [6.45, 7) is 2.50. The molecule has 4 unspecified atom stereocenters. The number of aliphatic hydroxyl groups is 1. The quantitative estimate of drug-likeness (QED) is 0.710. The Morgan fingerprint density at radius 1 is 1.29 bits per heavy atom. The maximum Gasteiger partial charge on any atom is 0.169 e. The van der Waals surface area contributed by atoms with Crippen molar-refractivity contribution in [2.45, 2.75) is 50.9 Å². The highest BCUT2D eigenvalue weighted by Gasteiger charge is 2.37. The van der Waals surface area contributed by atoms with Crippen molar-refractivity contribution in [3.05, 3.63) is 53.1 Å². The Kier molecular flexibility index (Phi) is 6.43. The van der Waals surface area contributed by atoms with Crippen molar-refractivity contribution in [3.8, 4) is 5.75 Å². The SMILES string of the molecule is Cc1cc2c([nH]1)CCC(CNC1CCC(Oc3ccccc3F)C1O)C2=O.Cl. The van der Waals surface area contributed by atoms with Crippen LogP contribution in [-0.4, -0.2) is 40.7 Å². The third-order valence-corrected chi connectivity index (χ3v) is 5.71. The molecule has 7 heteroatoms. The van der Waals surface area contributed by atoms with Gasteiger partial charge in [-0.1, -0.05) is 12.1 Å². The van der Waals surface area contributed by atoms with Gasteiger partial charge in [-0.05, 0) is 50.8 Å². The number of ketones is 1. The summed E-state index contributed by atoms with van der Waals surface area (Å²) in [7, 11) is 0. The first-order chi connectivity index (χ1) is 13.0. The summed E-state index contributed by atoms with van der Waals surface area (Å²) >= 11 is 0. The van der Waals surface area contributed by atoms with Gasteiger partial charge in [0.25, 0.3) is 0 Å². The molecule has 0 bridgehead atoms. The number of fused-ring (bicyclic) bond motifs is 1. The van der Waals surface area contributed by atoms with E-state index >= 15 is 0 Å². The second-order valence-corrected chi connectivity index (χ2v) is 7.61. The Morgan fingerprint density at radius 3 is 2.86 bits per heavy atom. The highest BCUT2D eigenvalue weighted by molar-refractivity contribution is 6.00. The average molecular weight is 409 g/mol. The molecule has 0 saturated heterocycles. The van der Waals surface area contributed by atoms with Gasteiger partial charge in [0.2, 0.25) is 0 Å². The molecule has 152 valence electrons. The van der Waals surface area contributed by atoms with Gasteiger partial charge in [0, 0.05) is 35.5 Å². The van der Waals surface area contributed by atoms with E-state index in [1.807, 2.05) is 13.0 Å². The average Bonchev–Trinajstić information content (AvgIpc) is 3.20. The predicted molar refractivity (Wildman–Crippen MR) is 107 cm³/mol. The number of para-hydroxylation sites is 1. The first-order valence-corrected chi connectivity index (χ1v) is 9.58. The van der Waals surface area contributed by atoms with Crippen molar-refractivity contribution in [1.29, 1.82) is 0 Å². The summed E-state index contributed by atoms with van der Waals surface area (Å²) in [6.07, 6.45) is 1.88. The molecule has 4 rings (SSSR count). The summed E-state index contributed by atoms with van der Waals surface area (Å²) in [5.74, 6) is -0.169. The summed E-state index contributed by atoms with van der Waals surface area (Å²) in [6, 6.07) is 8.01. The Labute approximate surface area is 170 Å². The van der Waals surface area contributed by atoms with Crippen LogP contribution in [0.4, 0.5) is 4.39 Å². The van der Waals surface area contributed by atoms with Gasteiger partial charge in [-0.3, -0.25) is 4.79 Å². The lowest BCUT2D eigenvalue weighted by atomic mass is 9.86. The summed E-state index contributed by atoms with van der Waals surface area (Å²) in [5.41, 5.74) is 2.85. The minimum absolute atomic E-state index is 0. The number of Topliss-reactive ketones (excluding diaryl/α,β-unsaturated/α-hetero) is 1. The van der Waals surface area contributed by atoms with E-state index < -0.39 is 18.0 Å². The minimum Gasteiger partial charge on any atom is -0.485 e. The molecule has 0 aliphatic heterocycles. The monoisotopic (exact) mass is 408 g/mol. The number of carbonyl (C=O) groups excluding carboxylic acids is 1. The third kappa shape index (κ3) is 4.09. The van der Waals surface area contributed by atoms with Crippen molar-refractivity contribution >= 4 is 18.2 Å². The molecule has 0 radical (unpaired) electrons. The van der Waals surface area contributed by atoms with Crippen molar-refractivity contribution in [3.63, 3.8) is 0 Å². The third-order valence-electron chi connectivity index (χ3n) is 5.71. The summed E-state index contributed by atoms with van der Waals surface area (Å²) in [4.78, 5) is 15.9. The van der Waals surface area contributed by atoms with Gasteiger partial charge in [-0.2, -0.15) is 0 Å². The predicted octanol–water partition coefficient (Wildman–Crippen LogP) is 3.19. The fourth-order valence-corrected chi connectivity index (χ4v) is 4.22. The largest absolute Gasteiger partial charge is 0.485 e. The van der Waals surface area contributed by atoms with Gasteiger partial charge in [-0.25, -0.2) is 4.39 Å². The topological polar surface area (TPSA) is 74.3 Å². The molecule has 4 atom stereocenters. The Morgan fingerprint density at radius 2 is 2.07 bits per heavy atom. The van der Waals surface area contributed by atoms with Gasteiger partial charge in [0.1, 0.15) is 12.2 Å². The number of aromatic nitrogens is 1. The van der Waals surface area contributed by atoms with E-state index in [0.717, 1.165) is 36.2 Å². The molecule has 5 nitrogen and oxygen atoms in total. The number of aliphatic hydroxyl groups excluding tert-OH is 1. The maximum absolute atomic E-state index is 13.8. The number of nitrogens with one attached hydrogen (secondary N) is 2. The molecule has 0 amide bonds. The first kappa shape index (κ1) is 20.8. The molecule has 2 aliphatic rings. The zero-order chi connectivity index (χ0) is 19.0. The van der Waals surface area contributed by atoms with Gasteiger partial charge in [0.15, 0.2) is 17.3 Å². The van der Waals surface area contributed by atoms with Crippen LogP contribution in [-0.2, 0) is 6.42 Å². The molecule has 1 aromatic heterocycles. The minimum atomic E-state index is -0.728. The highest BCUT2D eigenvalue weighted by atomic mass is 35.5. The first-order valence-electron chi connectivity index (χ1n) is 9.58. The van der Waals surface area contributed by atoms with Crippen LogP contribution in [0.25, 0.3) is 0 Å². The van der Waals surface area contributed by atoms with Crippen LogP contribution in [0.1, 0.15) is 41.0 Å². The van der Waals surface area contributed by atoms with E-state index in [9.17, 15) is 14.3 Å². The van der Waals surface area contributed by atoms with Gasteiger partial charge < -0.3 is 20.1 Å². The number of ether oxygens (including phenoxy) is 1. The molecule has 28 heavy (non-hydrogen) atoms. The number of H-pyrrole nitrogens is 1. The smallest absolute Gasteiger partial charge is 0.169 e. The van der Waals surface area contributed by atoms with E-state index in [1.54, 1.807) is 18.2 Å². The highest BCUT2D eigenvalue weighted by Crippen LogP contribution is 2.29. The molecule has 3 N–H and O–H groups in total. The van der Waals surface area contributed by atoms with Crippen LogP contribution in [0, 0.1) is 18.7 Å². The van der Waals surface area contributed by atoms with E-state index in [-0.39, 0.29) is 35.9 Å². The van der Waals surface area contributed by atoms with Crippen LogP contribution in [0.2, 0.25) is 0 Å². The lowest BCUT2D eigenvalue weighted by Gasteiger charge is -2.25. The number of carbonyl (C=O) groups is 1. The van der Waals surface area contributed by atoms with E-state index in [1.165, 1.54) is 6.07 Å². The molecule has 1 aromatic carbocycles. The van der Waals surface area contributed by atoms with Gasteiger partial charge in [0.05, 0.1) is 0 Å². The molecular weight excluding hydrogens is 383 g/mol. The fraction of sp³-hybridized carbons (Fsp3) is 0.476. The van der Waals surface area contributed by atoms with Crippen LogP contribution >= 0.6 is 12.4 Å². The van der Waals surface area contributed by atoms with Crippen LogP contribution < -0.4 is 10.1 Å². The van der Waals surface area contributed by atoms with Crippen LogP contribution in [0.15, 0.2) is 30.3 Å². The number of aromatic amines is 1. The number of hydrogen-bond donors (Lipinski definition) is 3. The van der Waals surface area contributed by atoms with E-state index in [0.29, 0.717) is 13.0 Å². The number of benzene rings is 1. The van der Waals surface area contributed by atoms with Gasteiger partial charge >= 0.3 is 0 Å². The molecule has 1 saturated carbocycles. The molecule has 0 spiro atoms. The number of hydrogen-bond acceptors (Lipinski definition) is 4. The second kappa shape index (κ2) is 8.64. The van der Waals surface area contributed by atoms with E-state index in [2.05, 4.69) is 10.3 Å². The molecular formula is C21H26ClFN2O3. The van der Waals surface area contributed by atoms with Crippen molar-refractivity contribution in [2.75, 3.05) is 6.54 Å². The number of rotatable bonds is 5. The summed E-state index contributed by atoms with van der Waals surface area (Å²) in [5, 5.41) is 13.9. The van der Waals surface area contributed by atoms with Crippen molar-refractivity contribution in [1.82, 2.24) is 10.3 Å². The summed E-state index contributed by atoms with van der Waals surface area (Å²) < 4.78 is 19.4. The maximum atomic E-state index is 13.8. The van der Waals surface area contributed by atoms with Crippen molar-refractivity contribution in [2.24, 2.45) is 5.92 Å². The van der Waals surface area contributed by atoms with Gasteiger partial charge in [-0.15, -0.1) is 12.4 Å². The fourth-order valence-electron chi connectivity index (χ4n) is 4.22.